The standard InChI is InChI=1S/C21H20N2O3/c24-20-11-17(14-23(20)13-15-6-2-1-3-7-15)21(25)22-12-18-10-16-8-4-5-9-19(16)26-18/h1-10,17H,11-14H2,(H,22,25). The fraction of sp³-hybridized carbons (Fsp3) is 0.238. The van der Waals surface area contributed by atoms with Crippen LogP contribution < -0.4 is 5.32 Å². The van der Waals surface area contributed by atoms with Crippen molar-refractivity contribution in [3.8, 4) is 0 Å². The Balaban J connectivity index is 1.34. The number of fused-ring (bicyclic) bond motifs is 1. The molecule has 3 aromatic rings. The van der Waals surface area contributed by atoms with Gasteiger partial charge in [-0.3, -0.25) is 9.59 Å². The van der Waals surface area contributed by atoms with Gasteiger partial charge in [0.25, 0.3) is 0 Å². The van der Waals surface area contributed by atoms with Gasteiger partial charge in [0, 0.05) is 24.9 Å². The van der Waals surface area contributed by atoms with Crippen LogP contribution in [0.3, 0.4) is 0 Å². The maximum atomic E-state index is 12.4. The van der Waals surface area contributed by atoms with Crippen LogP contribution in [0.2, 0.25) is 0 Å². The number of carbonyl (C=O) groups is 2. The van der Waals surface area contributed by atoms with Gasteiger partial charge in [-0.15, -0.1) is 0 Å². The van der Waals surface area contributed by atoms with E-state index in [0.717, 1.165) is 16.5 Å². The van der Waals surface area contributed by atoms with Gasteiger partial charge in [-0.25, -0.2) is 0 Å². The lowest BCUT2D eigenvalue weighted by Gasteiger charge is -2.16. The van der Waals surface area contributed by atoms with Crippen molar-refractivity contribution in [2.75, 3.05) is 6.54 Å². The van der Waals surface area contributed by atoms with E-state index in [0.29, 0.717) is 25.4 Å². The predicted molar refractivity (Wildman–Crippen MR) is 98.0 cm³/mol. The molecule has 5 heteroatoms. The molecule has 2 heterocycles. The van der Waals surface area contributed by atoms with Crippen LogP contribution >= 0.6 is 0 Å². The normalized spacial score (nSPS) is 17.0. The molecule has 132 valence electrons. The van der Waals surface area contributed by atoms with Crippen LogP contribution in [0.4, 0.5) is 0 Å². The van der Waals surface area contributed by atoms with Crippen molar-refractivity contribution in [2.24, 2.45) is 5.92 Å². The van der Waals surface area contributed by atoms with Crippen LogP contribution in [0.15, 0.2) is 65.1 Å². The van der Waals surface area contributed by atoms with Crippen LogP contribution in [0.25, 0.3) is 11.0 Å². The molecule has 1 atom stereocenters. The smallest absolute Gasteiger partial charge is 0.225 e. The summed E-state index contributed by atoms with van der Waals surface area (Å²) in [6, 6.07) is 19.5. The molecule has 0 bridgehead atoms. The molecule has 1 N–H and O–H groups in total. The van der Waals surface area contributed by atoms with E-state index in [1.165, 1.54) is 0 Å². The summed E-state index contributed by atoms with van der Waals surface area (Å²) in [4.78, 5) is 26.4. The molecule has 1 fully saturated rings. The van der Waals surface area contributed by atoms with Crippen LogP contribution in [0, 0.1) is 5.92 Å². The number of furan rings is 1. The minimum absolute atomic E-state index is 0.0257. The summed E-state index contributed by atoms with van der Waals surface area (Å²) in [5, 5.41) is 3.91. The fourth-order valence-corrected chi connectivity index (χ4v) is 3.35. The summed E-state index contributed by atoms with van der Waals surface area (Å²) >= 11 is 0. The van der Waals surface area contributed by atoms with E-state index in [-0.39, 0.29) is 24.2 Å². The van der Waals surface area contributed by atoms with E-state index in [4.69, 9.17) is 4.42 Å². The second-order valence-electron chi connectivity index (χ2n) is 6.63. The lowest BCUT2D eigenvalue weighted by atomic mass is 10.1. The van der Waals surface area contributed by atoms with Gasteiger partial charge in [0.05, 0.1) is 12.5 Å². The molecule has 0 radical (unpaired) electrons. The topological polar surface area (TPSA) is 62.6 Å². The second kappa shape index (κ2) is 7.04. The molecule has 26 heavy (non-hydrogen) atoms. The van der Waals surface area contributed by atoms with Crippen LogP contribution in [-0.2, 0) is 22.7 Å². The van der Waals surface area contributed by atoms with Crippen molar-refractivity contribution in [3.63, 3.8) is 0 Å². The first-order valence-corrected chi connectivity index (χ1v) is 8.76. The summed E-state index contributed by atoms with van der Waals surface area (Å²) in [6.45, 7) is 1.34. The molecule has 5 nitrogen and oxygen atoms in total. The number of hydrogen-bond donors (Lipinski definition) is 1. The van der Waals surface area contributed by atoms with Gasteiger partial charge in [0.1, 0.15) is 11.3 Å². The third kappa shape index (κ3) is 3.47. The number of benzene rings is 2. The molecule has 0 spiro atoms. The van der Waals surface area contributed by atoms with Crippen LogP contribution in [0.1, 0.15) is 17.7 Å². The van der Waals surface area contributed by atoms with Gasteiger partial charge in [-0.1, -0.05) is 48.5 Å². The second-order valence-corrected chi connectivity index (χ2v) is 6.63. The van der Waals surface area contributed by atoms with Gasteiger partial charge < -0.3 is 14.6 Å². The highest BCUT2D eigenvalue weighted by Gasteiger charge is 2.34. The van der Waals surface area contributed by atoms with Crippen LogP contribution in [-0.4, -0.2) is 23.3 Å². The van der Waals surface area contributed by atoms with E-state index in [1.807, 2.05) is 60.7 Å². The highest BCUT2D eigenvalue weighted by atomic mass is 16.3. The molecule has 0 saturated carbocycles. The number of hydrogen-bond acceptors (Lipinski definition) is 3. The largest absolute Gasteiger partial charge is 0.459 e. The molecule has 2 amide bonds. The third-order valence-electron chi connectivity index (χ3n) is 4.71. The summed E-state index contributed by atoms with van der Waals surface area (Å²) in [5.41, 5.74) is 1.88. The molecule has 1 saturated heterocycles. The van der Waals surface area contributed by atoms with Crippen molar-refractivity contribution in [1.29, 1.82) is 0 Å². The van der Waals surface area contributed by atoms with Crippen LogP contribution in [0.5, 0.6) is 0 Å². The van der Waals surface area contributed by atoms with Crippen molar-refractivity contribution in [2.45, 2.75) is 19.5 Å². The zero-order valence-electron chi connectivity index (χ0n) is 14.4. The summed E-state index contributed by atoms with van der Waals surface area (Å²) in [7, 11) is 0. The number of amides is 2. The first kappa shape index (κ1) is 16.4. The maximum Gasteiger partial charge on any atom is 0.225 e. The SMILES string of the molecule is O=C(NCc1cc2ccccc2o1)C1CC(=O)N(Cc2ccccc2)C1. The summed E-state index contributed by atoms with van der Waals surface area (Å²) in [5.74, 6) is 0.327. The van der Waals surface area contributed by atoms with E-state index in [1.54, 1.807) is 4.90 Å². The number of nitrogens with one attached hydrogen (secondary N) is 1. The van der Waals surface area contributed by atoms with Gasteiger partial charge in [-0.2, -0.15) is 0 Å². The molecule has 1 aromatic heterocycles. The highest BCUT2D eigenvalue weighted by Crippen LogP contribution is 2.21. The molecule has 1 unspecified atom stereocenters. The summed E-state index contributed by atoms with van der Waals surface area (Å²) in [6.07, 6.45) is 0.263. The zero-order chi connectivity index (χ0) is 17.9. The summed E-state index contributed by atoms with van der Waals surface area (Å²) < 4.78 is 5.71. The molecule has 0 aliphatic carbocycles. The molecule has 4 rings (SSSR count). The zero-order valence-corrected chi connectivity index (χ0v) is 14.4. The molecular formula is C21H20N2O3. The molecule has 2 aromatic carbocycles. The van der Waals surface area contributed by atoms with Crippen molar-refractivity contribution >= 4 is 22.8 Å². The predicted octanol–water partition coefficient (Wildman–Crippen LogP) is 3.10. The van der Waals surface area contributed by atoms with E-state index in [2.05, 4.69) is 5.32 Å². The highest BCUT2D eigenvalue weighted by molar-refractivity contribution is 5.89. The fourth-order valence-electron chi connectivity index (χ4n) is 3.35. The Morgan fingerprint density at radius 3 is 2.69 bits per heavy atom. The molecule has 1 aliphatic rings. The average Bonchev–Trinajstić information content (AvgIpc) is 3.24. The number of likely N-dealkylation sites (tertiary alicyclic amines) is 1. The van der Waals surface area contributed by atoms with Gasteiger partial charge >= 0.3 is 0 Å². The van der Waals surface area contributed by atoms with E-state index < -0.39 is 0 Å². The Bertz CT molecular complexity index is 900. The first-order chi connectivity index (χ1) is 12.7. The Morgan fingerprint density at radius 2 is 1.88 bits per heavy atom. The van der Waals surface area contributed by atoms with Crippen molar-refractivity contribution in [1.82, 2.24) is 10.2 Å². The average molecular weight is 348 g/mol. The Morgan fingerprint density at radius 1 is 1.12 bits per heavy atom. The monoisotopic (exact) mass is 348 g/mol. The lowest BCUT2D eigenvalue weighted by Crippen LogP contribution is -2.32. The van der Waals surface area contributed by atoms with Crippen molar-refractivity contribution in [3.05, 3.63) is 72.0 Å². The van der Waals surface area contributed by atoms with Gasteiger partial charge in [0.15, 0.2) is 0 Å². The van der Waals surface area contributed by atoms with E-state index in [9.17, 15) is 9.59 Å². The Kier molecular flexibility index (Phi) is 4.44. The number of rotatable bonds is 5. The quantitative estimate of drug-likeness (QED) is 0.771. The van der Waals surface area contributed by atoms with Gasteiger partial charge in [-0.05, 0) is 17.7 Å². The molecule has 1 aliphatic heterocycles. The molecular weight excluding hydrogens is 328 g/mol. The lowest BCUT2D eigenvalue weighted by molar-refractivity contribution is -0.129. The number of nitrogens with zero attached hydrogens (tertiary/aromatic N) is 1. The first-order valence-electron chi connectivity index (χ1n) is 8.76. The van der Waals surface area contributed by atoms with Crippen molar-refractivity contribution < 1.29 is 14.0 Å². The number of para-hydroxylation sites is 1. The minimum atomic E-state index is -0.310. The van der Waals surface area contributed by atoms with Gasteiger partial charge in [0.2, 0.25) is 11.8 Å². The van der Waals surface area contributed by atoms with E-state index >= 15 is 0 Å². The Hall–Kier alpha value is -3.08. The minimum Gasteiger partial charge on any atom is -0.459 e. The maximum absolute atomic E-state index is 12.4. The third-order valence-corrected chi connectivity index (χ3v) is 4.71. The Labute approximate surface area is 151 Å². The number of carbonyl (C=O) groups excluding carboxylic acids is 2.